The largest absolute Gasteiger partial charge is 0.358 e. The fourth-order valence-electron chi connectivity index (χ4n) is 1.74. The van der Waals surface area contributed by atoms with Crippen LogP contribution in [0.4, 0.5) is 11.5 Å². The van der Waals surface area contributed by atoms with E-state index in [1.807, 2.05) is 6.92 Å². The second kappa shape index (κ2) is 5.30. The molecular formula is C12H11ClN4O3. The molecular weight excluding hydrogens is 284 g/mol. The molecule has 0 saturated heterocycles. The maximum absolute atomic E-state index is 12.1. The molecule has 0 spiro atoms. The van der Waals surface area contributed by atoms with E-state index in [4.69, 9.17) is 11.6 Å². The summed E-state index contributed by atoms with van der Waals surface area (Å²) in [5.74, 6) is -0.654. The molecule has 0 aliphatic rings. The van der Waals surface area contributed by atoms with E-state index in [2.05, 4.69) is 10.3 Å². The summed E-state index contributed by atoms with van der Waals surface area (Å²) in [5.41, 5.74) is 1.36. The zero-order valence-corrected chi connectivity index (χ0v) is 11.5. The molecule has 0 bridgehead atoms. The molecule has 1 N–H and O–H groups in total. The number of pyridine rings is 1. The van der Waals surface area contributed by atoms with Crippen molar-refractivity contribution in [1.29, 1.82) is 0 Å². The van der Waals surface area contributed by atoms with E-state index in [-0.39, 0.29) is 16.7 Å². The van der Waals surface area contributed by atoms with Gasteiger partial charge in [0.05, 0.1) is 12.7 Å². The van der Waals surface area contributed by atoms with Gasteiger partial charge in [-0.1, -0.05) is 11.6 Å². The maximum atomic E-state index is 12.1. The highest BCUT2D eigenvalue weighted by Gasteiger charge is 2.21. The van der Waals surface area contributed by atoms with E-state index in [9.17, 15) is 14.9 Å². The van der Waals surface area contributed by atoms with Crippen LogP contribution in [-0.4, -0.2) is 20.4 Å². The summed E-state index contributed by atoms with van der Waals surface area (Å²) < 4.78 is 1.20. The summed E-state index contributed by atoms with van der Waals surface area (Å²) in [6, 6.07) is 4.32. The summed E-state index contributed by atoms with van der Waals surface area (Å²) in [6.07, 6.45) is 1.57. The number of anilines is 1. The molecule has 0 saturated carbocycles. The van der Waals surface area contributed by atoms with Crippen LogP contribution in [0.15, 0.2) is 24.4 Å². The number of nitro groups is 1. The smallest absolute Gasteiger partial charge is 0.323 e. The number of nitrogens with zero attached hydrogens (tertiary/aromatic N) is 3. The van der Waals surface area contributed by atoms with Gasteiger partial charge in [-0.15, -0.1) is 0 Å². The van der Waals surface area contributed by atoms with Crippen molar-refractivity contribution < 1.29 is 9.72 Å². The first-order valence-electron chi connectivity index (χ1n) is 5.63. The first kappa shape index (κ1) is 14.0. The Balaban J connectivity index is 2.29. The van der Waals surface area contributed by atoms with Gasteiger partial charge in [-0.3, -0.25) is 4.79 Å². The topological polar surface area (TPSA) is 90.1 Å². The summed E-state index contributed by atoms with van der Waals surface area (Å²) in [7, 11) is 1.45. The van der Waals surface area contributed by atoms with Crippen LogP contribution in [0.25, 0.3) is 0 Å². The number of aryl methyl sites for hydroxylation is 1. The Kier molecular flexibility index (Phi) is 3.71. The van der Waals surface area contributed by atoms with Crippen molar-refractivity contribution in [2.24, 2.45) is 7.05 Å². The molecule has 0 aliphatic heterocycles. The van der Waals surface area contributed by atoms with Crippen molar-refractivity contribution in [2.45, 2.75) is 6.92 Å². The SMILES string of the molecule is Cc1cnc(Cl)c(NC(=O)c2ccc([N+](=O)[O-])n2C)c1. The van der Waals surface area contributed by atoms with Crippen LogP contribution in [0.3, 0.4) is 0 Å². The van der Waals surface area contributed by atoms with Crippen molar-refractivity contribution in [2.75, 3.05) is 5.32 Å². The lowest BCUT2D eigenvalue weighted by Gasteiger charge is -2.06. The van der Waals surface area contributed by atoms with Crippen molar-refractivity contribution in [3.05, 3.63) is 50.9 Å². The predicted octanol–water partition coefficient (Wildman–Crippen LogP) is 2.54. The Morgan fingerprint density at radius 3 is 2.80 bits per heavy atom. The first-order valence-corrected chi connectivity index (χ1v) is 6.01. The average molecular weight is 295 g/mol. The lowest BCUT2D eigenvalue weighted by molar-refractivity contribution is -0.391. The van der Waals surface area contributed by atoms with Gasteiger partial charge in [0.1, 0.15) is 0 Å². The van der Waals surface area contributed by atoms with Crippen molar-refractivity contribution in [3.63, 3.8) is 0 Å². The quantitative estimate of drug-likeness (QED) is 0.535. The molecule has 2 aromatic heterocycles. The number of nitrogens with one attached hydrogen (secondary N) is 1. The minimum Gasteiger partial charge on any atom is -0.358 e. The number of carbonyl (C=O) groups is 1. The second-order valence-electron chi connectivity index (χ2n) is 4.20. The predicted molar refractivity (Wildman–Crippen MR) is 74.0 cm³/mol. The van der Waals surface area contributed by atoms with Gasteiger partial charge in [0, 0.05) is 12.3 Å². The van der Waals surface area contributed by atoms with Crippen LogP contribution in [0, 0.1) is 17.0 Å². The number of rotatable bonds is 3. The van der Waals surface area contributed by atoms with Crippen LogP contribution in [0.1, 0.15) is 16.1 Å². The molecule has 104 valence electrons. The molecule has 0 unspecified atom stereocenters. The summed E-state index contributed by atoms with van der Waals surface area (Å²) >= 11 is 5.88. The number of hydrogen-bond donors (Lipinski definition) is 1. The molecule has 0 radical (unpaired) electrons. The zero-order valence-electron chi connectivity index (χ0n) is 10.8. The molecule has 2 rings (SSSR count). The number of aromatic nitrogens is 2. The minimum atomic E-state index is -0.558. The van der Waals surface area contributed by atoms with Crippen LogP contribution >= 0.6 is 11.6 Å². The van der Waals surface area contributed by atoms with Crippen LogP contribution in [-0.2, 0) is 7.05 Å². The van der Waals surface area contributed by atoms with Crippen LogP contribution < -0.4 is 5.32 Å². The highest BCUT2D eigenvalue weighted by molar-refractivity contribution is 6.32. The lowest BCUT2D eigenvalue weighted by atomic mass is 10.3. The van der Waals surface area contributed by atoms with Gasteiger partial charge >= 0.3 is 5.82 Å². The van der Waals surface area contributed by atoms with E-state index in [1.165, 1.54) is 23.7 Å². The molecule has 0 fully saturated rings. The Morgan fingerprint density at radius 2 is 2.20 bits per heavy atom. The molecule has 2 aromatic rings. The molecule has 1 amide bonds. The van der Waals surface area contributed by atoms with Gasteiger partial charge in [0.25, 0.3) is 5.91 Å². The normalized spacial score (nSPS) is 10.3. The first-order chi connectivity index (χ1) is 9.40. The van der Waals surface area contributed by atoms with Gasteiger partial charge in [-0.05, 0) is 29.5 Å². The molecule has 2 heterocycles. The Hall–Kier alpha value is -2.41. The maximum Gasteiger partial charge on any atom is 0.323 e. The summed E-state index contributed by atoms with van der Waals surface area (Å²) in [6.45, 7) is 1.81. The Bertz CT molecular complexity index is 696. The van der Waals surface area contributed by atoms with E-state index >= 15 is 0 Å². The fourth-order valence-corrected chi connectivity index (χ4v) is 1.89. The Morgan fingerprint density at radius 1 is 1.50 bits per heavy atom. The third kappa shape index (κ3) is 2.62. The van der Waals surface area contributed by atoms with E-state index in [0.29, 0.717) is 5.69 Å². The number of amides is 1. The lowest BCUT2D eigenvalue weighted by Crippen LogP contribution is -2.16. The highest BCUT2D eigenvalue weighted by Crippen LogP contribution is 2.22. The van der Waals surface area contributed by atoms with Crippen molar-refractivity contribution in [1.82, 2.24) is 9.55 Å². The van der Waals surface area contributed by atoms with E-state index < -0.39 is 10.8 Å². The van der Waals surface area contributed by atoms with E-state index in [0.717, 1.165) is 5.56 Å². The second-order valence-corrected chi connectivity index (χ2v) is 4.56. The van der Waals surface area contributed by atoms with Gasteiger partial charge in [-0.2, -0.15) is 0 Å². The standard InChI is InChI=1S/C12H11ClN4O3/c1-7-5-8(11(13)14-6-7)15-12(18)9-3-4-10(16(9)2)17(19)20/h3-6H,1-2H3,(H,15,18). The molecule has 0 atom stereocenters. The van der Waals surface area contributed by atoms with Gasteiger partial charge in [0.2, 0.25) is 0 Å². The van der Waals surface area contributed by atoms with Gasteiger partial charge < -0.3 is 15.4 Å². The fraction of sp³-hybridized carbons (Fsp3) is 0.167. The summed E-state index contributed by atoms with van der Waals surface area (Å²) in [4.78, 5) is 26.2. The van der Waals surface area contributed by atoms with Gasteiger partial charge in [0.15, 0.2) is 10.8 Å². The zero-order chi connectivity index (χ0) is 14.9. The minimum absolute atomic E-state index is 0.160. The van der Waals surface area contributed by atoms with Crippen LogP contribution in [0.5, 0.6) is 0 Å². The third-order valence-electron chi connectivity index (χ3n) is 2.74. The van der Waals surface area contributed by atoms with Crippen molar-refractivity contribution in [3.8, 4) is 0 Å². The summed E-state index contributed by atoms with van der Waals surface area (Å²) in [5, 5.41) is 13.5. The number of hydrogen-bond acceptors (Lipinski definition) is 4. The number of halogens is 1. The molecule has 0 aromatic carbocycles. The number of carbonyl (C=O) groups excluding carboxylic acids is 1. The molecule has 0 aliphatic carbocycles. The van der Waals surface area contributed by atoms with Crippen LogP contribution in [0.2, 0.25) is 5.15 Å². The third-order valence-corrected chi connectivity index (χ3v) is 3.04. The molecule has 8 heteroatoms. The highest BCUT2D eigenvalue weighted by atomic mass is 35.5. The molecule has 20 heavy (non-hydrogen) atoms. The average Bonchev–Trinajstić information content (AvgIpc) is 2.76. The van der Waals surface area contributed by atoms with E-state index in [1.54, 1.807) is 12.3 Å². The monoisotopic (exact) mass is 294 g/mol. The van der Waals surface area contributed by atoms with Crippen molar-refractivity contribution >= 4 is 29.0 Å². The molecule has 7 nitrogen and oxygen atoms in total. The van der Waals surface area contributed by atoms with Gasteiger partial charge in [-0.25, -0.2) is 9.55 Å². The Labute approximate surface area is 119 Å².